The Kier molecular flexibility index (Phi) is 4.40. The molecule has 3 nitrogen and oxygen atoms in total. The Hall–Kier alpha value is -1.06. The molecule has 1 aromatic rings. The summed E-state index contributed by atoms with van der Waals surface area (Å²) in [5, 5.41) is 6.92. The molecule has 1 unspecified atom stereocenters. The molecule has 2 rings (SSSR count). The van der Waals surface area contributed by atoms with Gasteiger partial charge in [0, 0.05) is 23.2 Å². The van der Waals surface area contributed by atoms with E-state index in [-0.39, 0.29) is 5.91 Å². The van der Waals surface area contributed by atoms with E-state index in [2.05, 4.69) is 10.6 Å². The Balaban J connectivity index is 1.84. The number of carbonyl (C=O) groups is 1. The van der Waals surface area contributed by atoms with E-state index in [1.54, 1.807) is 24.3 Å². The van der Waals surface area contributed by atoms with Crippen molar-refractivity contribution in [2.45, 2.75) is 25.3 Å². The first-order valence-electron chi connectivity index (χ1n) is 6.03. The first kappa shape index (κ1) is 12.4. The van der Waals surface area contributed by atoms with Crippen molar-refractivity contribution in [2.24, 2.45) is 0 Å². The predicted molar refractivity (Wildman–Crippen MR) is 69.4 cm³/mol. The smallest absolute Gasteiger partial charge is 0.251 e. The van der Waals surface area contributed by atoms with Gasteiger partial charge in [-0.05, 0) is 37.6 Å². The number of rotatable bonds is 3. The molecule has 0 saturated carbocycles. The van der Waals surface area contributed by atoms with Crippen molar-refractivity contribution in [3.63, 3.8) is 0 Å². The van der Waals surface area contributed by atoms with Crippen molar-refractivity contribution in [3.05, 3.63) is 34.9 Å². The number of halogens is 1. The fourth-order valence-electron chi connectivity index (χ4n) is 2.05. The summed E-state index contributed by atoms with van der Waals surface area (Å²) in [7, 11) is 0. The molecule has 1 aliphatic heterocycles. The van der Waals surface area contributed by atoms with Gasteiger partial charge >= 0.3 is 0 Å². The Bertz CT molecular complexity index is 389. The van der Waals surface area contributed by atoms with E-state index in [0.717, 1.165) is 13.0 Å². The molecule has 4 heteroatoms. The van der Waals surface area contributed by atoms with E-state index >= 15 is 0 Å². The van der Waals surface area contributed by atoms with Crippen LogP contribution in [-0.2, 0) is 0 Å². The SMILES string of the molecule is O=C(NCC1CCCCN1)c1cccc(Cl)c1. The summed E-state index contributed by atoms with van der Waals surface area (Å²) in [4.78, 5) is 11.8. The molecule has 1 aliphatic rings. The summed E-state index contributed by atoms with van der Waals surface area (Å²) in [6.45, 7) is 1.74. The first-order valence-corrected chi connectivity index (χ1v) is 6.40. The molecule has 1 fully saturated rings. The minimum Gasteiger partial charge on any atom is -0.350 e. The highest BCUT2D eigenvalue weighted by atomic mass is 35.5. The van der Waals surface area contributed by atoms with Crippen LogP contribution in [0.4, 0.5) is 0 Å². The second kappa shape index (κ2) is 6.03. The fraction of sp³-hybridized carbons (Fsp3) is 0.462. The molecular formula is C13H17ClN2O. The van der Waals surface area contributed by atoms with Gasteiger partial charge < -0.3 is 10.6 Å². The average molecular weight is 253 g/mol. The third kappa shape index (κ3) is 3.72. The maximum Gasteiger partial charge on any atom is 0.251 e. The summed E-state index contributed by atoms with van der Waals surface area (Å²) in [5.41, 5.74) is 0.619. The molecule has 1 atom stereocenters. The van der Waals surface area contributed by atoms with Gasteiger partial charge in [-0.15, -0.1) is 0 Å². The van der Waals surface area contributed by atoms with Crippen molar-refractivity contribution in [2.75, 3.05) is 13.1 Å². The van der Waals surface area contributed by atoms with Gasteiger partial charge in [-0.2, -0.15) is 0 Å². The quantitative estimate of drug-likeness (QED) is 0.866. The van der Waals surface area contributed by atoms with E-state index in [9.17, 15) is 4.79 Å². The number of benzene rings is 1. The van der Waals surface area contributed by atoms with Gasteiger partial charge in [0.1, 0.15) is 0 Å². The molecule has 1 aromatic carbocycles. The highest BCUT2D eigenvalue weighted by Gasteiger charge is 2.13. The molecule has 0 spiro atoms. The molecular weight excluding hydrogens is 236 g/mol. The molecule has 2 N–H and O–H groups in total. The molecule has 0 bridgehead atoms. The van der Waals surface area contributed by atoms with Crippen LogP contribution in [0.15, 0.2) is 24.3 Å². The minimum atomic E-state index is -0.0557. The Morgan fingerprint density at radius 3 is 3.06 bits per heavy atom. The van der Waals surface area contributed by atoms with E-state index in [0.29, 0.717) is 23.2 Å². The summed E-state index contributed by atoms with van der Waals surface area (Å²) < 4.78 is 0. The molecule has 1 saturated heterocycles. The third-order valence-corrected chi connectivity index (χ3v) is 3.24. The van der Waals surface area contributed by atoms with E-state index in [1.165, 1.54) is 12.8 Å². The van der Waals surface area contributed by atoms with Gasteiger partial charge in [0.25, 0.3) is 5.91 Å². The second-order valence-electron chi connectivity index (χ2n) is 4.37. The van der Waals surface area contributed by atoms with Gasteiger partial charge in [-0.1, -0.05) is 24.1 Å². The lowest BCUT2D eigenvalue weighted by Gasteiger charge is -2.23. The van der Waals surface area contributed by atoms with Crippen molar-refractivity contribution in [1.82, 2.24) is 10.6 Å². The zero-order chi connectivity index (χ0) is 12.1. The molecule has 1 heterocycles. The Morgan fingerprint density at radius 1 is 1.47 bits per heavy atom. The van der Waals surface area contributed by atoms with Crippen LogP contribution in [0.1, 0.15) is 29.6 Å². The van der Waals surface area contributed by atoms with Crippen LogP contribution in [0.3, 0.4) is 0 Å². The summed E-state index contributed by atoms with van der Waals surface area (Å²) in [6.07, 6.45) is 3.61. The van der Waals surface area contributed by atoms with Crippen LogP contribution in [0, 0.1) is 0 Å². The highest BCUT2D eigenvalue weighted by Crippen LogP contribution is 2.11. The highest BCUT2D eigenvalue weighted by molar-refractivity contribution is 6.30. The molecule has 0 aliphatic carbocycles. The number of nitrogens with one attached hydrogen (secondary N) is 2. The topological polar surface area (TPSA) is 41.1 Å². The van der Waals surface area contributed by atoms with Crippen LogP contribution in [0.25, 0.3) is 0 Å². The van der Waals surface area contributed by atoms with Gasteiger partial charge in [0.2, 0.25) is 0 Å². The molecule has 0 radical (unpaired) electrons. The third-order valence-electron chi connectivity index (χ3n) is 3.01. The van der Waals surface area contributed by atoms with Gasteiger partial charge in [0.15, 0.2) is 0 Å². The lowest BCUT2D eigenvalue weighted by molar-refractivity contribution is 0.0948. The maximum atomic E-state index is 11.8. The molecule has 17 heavy (non-hydrogen) atoms. The van der Waals surface area contributed by atoms with Crippen LogP contribution in [-0.4, -0.2) is 25.0 Å². The van der Waals surface area contributed by atoms with Crippen molar-refractivity contribution >= 4 is 17.5 Å². The average Bonchev–Trinajstić information content (AvgIpc) is 2.37. The number of hydrogen-bond donors (Lipinski definition) is 2. The van der Waals surface area contributed by atoms with Crippen LogP contribution < -0.4 is 10.6 Å². The molecule has 0 aromatic heterocycles. The van der Waals surface area contributed by atoms with Crippen LogP contribution in [0.5, 0.6) is 0 Å². The standard InChI is InChI=1S/C13H17ClN2O/c14-11-5-3-4-10(8-11)13(17)16-9-12-6-1-2-7-15-12/h3-5,8,12,15H,1-2,6-7,9H2,(H,16,17). The molecule has 1 amide bonds. The molecule has 92 valence electrons. The number of piperidine rings is 1. The lowest BCUT2D eigenvalue weighted by atomic mass is 10.1. The summed E-state index contributed by atoms with van der Waals surface area (Å²) in [6, 6.07) is 7.42. The summed E-state index contributed by atoms with van der Waals surface area (Å²) >= 11 is 5.85. The predicted octanol–water partition coefficient (Wildman–Crippen LogP) is 2.21. The lowest BCUT2D eigenvalue weighted by Crippen LogP contribution is -2.43. The van der Waals surface area contributed by atoms with Crippen LogP contribution in [0.2, 0.25) is 5.02 Å². The number of hydrogen-bond acceptors (Lipinski definition) is 2. The largest absolute Gasteiger partial charge is 0.350 e. The van der Waals surface area contributed by atoms with Crippen molar-refractivity contribution in [3.8, 4) is 0 Å². The minimum absolute atomic E-state index is 0.0557. The van der Waals surface area contributed by atoms with E-state index in [4.69, 9.17) is 11.6 Å². The normalized spacial score (nSPS) is 19.9. The van der Waals surface area contributed by atoms with E-state index < -0.39 is 0 Å². The van der Waals surface area contributed by atoms with E-state index in [1.807, 2.05) is 0 Å². The first-order chi connectivity index (χ1) is 8.25. The number of amides is 1. The van der Waals surface area contributed by atoms with Crippen molar-refractivity contribution in [1.29, 1.82) is 0 Å². The van der Waals surface area contributed by atoms with Gasteiger partial charge in [0.05, 0.1) is 0 Å². The second-order valence-corrected chi connectivity index (χ2v) is 4.80. The Morgan fingerprint density at radius 2 is 2.35 bits per heavy atom. The fourth-order valence-corrected chi connectivity index (χ4v) is 2.24. The zero-order valence-corrected chi connectivity index (χ0v) is 10.5. The number of carbonyl (C=O) groups excluding carboxylic acids is 1. The summed E-state index contributed by atoms with van der Waals surface area (Å²) in [5.74, 6) is -0.0557. The van der Waals surface area contributed by atoms with Crippen molar-refractivity contribution < 1.29 is 4.79 Å². The zero-order valence-electron chi connectivity index (χ0n) is 9.71. The van der Waals surface area contributed by atoms with Crippen LogP contribution >= 0.6 is 11.6 Å². The monoisotopic (exact) mass is 252 g/mol. The maximum absolute atomic E-state index is 11.8. The van der Waals surface area contributed by atoms with Gasteiger partial charge in [-0.3, -0.25) is 4.79 Å². The Labute approximate surface area is 107 Å². The van der Waals surface area contributed by atoms with Gasteiger partial charge in [-0.25, -0.2) is 0 Å².